The molecule has 0 fully saturated rings. The molecule has 0 aliphatic rings. The van der Waals surface area contributed by atoms with Crippen LogP contribution in [0.25, 0.3) is 0 Å². The number of alkyl halides is 3. The van der Waals surface area contributed by atoms with Crippen LogP contribution < -0.4 is 20.1 Å². The summed E-state index contributed by atoms with van der Waals surface area (Å²) in [5, 5.41) is 4.45. The van der Waals surface area contributed by atoms with Crippen LogP contribution in [0.15, 0.2) is 18.2 Å². The summed E-state index contributed by atoms with van der Waals surface area (Å²) < 4.78 is 67.6. The van der Waals surface area contributed by atoms with Crippen LogP contribution in [0.2, 0.25) is 0 Å². The van der Waals surface area contributed by atoms with Crippen LogP contribution in [0.5, 0.6) is 5.75 Å². The zero-order chi connectivity index (χ0) is 18.4. The minimum atomic E-state index is -4.66. The first-order valence-electron chi connectivity index (χ1n) is 6.77. The molecule has 0 saturated heterocycles. The molecule has 24 heavy (non-hydrogen) atoms. The number of hydrogen-bond acceptors (Lipinski definition) is 4. The highest BCUT2D eigenvalue weighted by Crippen LogP contribution is 2.37. The van der Waals surface area contributed by atoms with Crippen LogP contribution in [0, 0.1) is 0 Å². The predicted octanol–water partition coefficient (Wildman–Crippen LogP) is 1.77. The van der Waals surface area contributed by atoms with E-state index in [0.29, 0.717) is 0 Å². The molecule has 0 atom stereocenters. The van der Waals surface area contributed by atoms with E-state index in [2.05, 4.69) is 15.4 Å². The van der Waals surface area contributed by atoms with Gasteiger partial charge in [-0.2, -0.15) is 13.2 Å². The lowest BCUT2D eigenvalue weighted by molar-refractivity contribution is -0.137. The zero-order valence-corrected chi connectivity index (χ0v) is 13.8. The Morgan fingerprint density at radius 1 is 1.25 bits per heavy atom. The average molecular weight is 369 g/mol. The van der Waals surface area contributed by atoms with Crippen LogP contribution in [-0.4, -0.2) is 40.9 Å². The van der Waals surface area contributed by atoms with Gasteiger partial charge in [-0.3, -0.25) is 0 Å². The summed E-state index contributed by atoms with van der Waals surface area (Å²) in [5.41, 5.74) is -1.44. The van der Waals surface area contributed by atoms with E-state index in [1.54, 1.807) is 0 Å². The first-order chi connectivity index (χ1) is 11.0. The lowest BCUT2D eigenvalue weighted by Gasteiger charge is -2.15. The number of nitrogens with one attached hydrogen (secondary N) is 3. The summed E-state index contributed by atoms with van der Waals surface area (Å²) >= 11 is 0. The third kappa shape index (κ3) is 7.04. The number of urea groups is 1. The maximum Gasteiger partial charge on any atom is 0.418 e. The first kappa shape index (κ1) is 20.0. The quantitative estimate of drug-likeness (QED) is 0.638. The number of carbonyl (C=O) groups excluding carboxylic acids is 1. The van der Waals surface area contributed by atoms with Crippen LogP contribution >= 0.6 is 0 Å². The van der Waals surface area contributed by atoms with Crippen LogP contribution in [0.4, 0.5) is 23.7 Å². The van der Waals surface area contributed by atoms with Gasteiger partial charge >= 0.3 is 12.2 Å². The molecule has 0 heterocycles. The fourth-order valence-electron chi connectivity index (χ4n) is 1.71. The number of methoxy groups -OCH3 is 1. The highest BCUT2D eigenvalue weighted by molar-refractivity contribution is 7.88. The molecular formula is C13H18F3N3O4S. The van der Waals surface area contributed by atoms with E-state index in [0.717, 1.165) is 18.4 Å². The molecule has 1 rings (SSSR count). The van der Waals surface area contributed by atoms with Gasteiger partial charge in [-0.05, 0) is 24.6 Å². The summed E-state index contributed by atoms with van der Waals surface area (Å²) in [4.78, 5) is 11.6. The second-order valence-electron chi connectivity index (χ2n) is 4.81. The molecule has 0 unspecified atom stereocenters. The van der Waals surface area contributed by atoms with Gasteiger partial charge < -0.3 is 15.4 Å². The molecule has 1 aromatic carbocycles. The number of carbonyl (C=O) groups is 1. The molecule has 0 aromatic heterocycles. The topological polar surface area (TPSA) is 96.5 Å². The molecule has 0 saturated carbocycles. The summed E-state index contributed by atoms with van der Waals surface area (Å²) in [6.07, 6.45) is -3.37. The third-order valence-electron chi connectivity index (χ3n) is 2.78. The van der Waals surface area contributed by atoms with Crippen molar-refractivity contribution in [1.82, 2.24) is 10.0 Å². The molecule has 136 valence electrons. The number of rotatable bonds is 7. The van der Waals surface area contributed by atoms with Crippen molar-refractivity contribution in [3.05, 3.63) is 23.8 Å². The van der Waals surface area contributed by atoms with Gasteiger partial charge in [0.2, 0.25) is 10.0 Å². The minimum Gasteiger partial charge on any atom is -0.497 e. The zero-order valence-electron chi connectivity index (χ0n) is 13.0. The van der Waals surface area contributed by atoms with Crippen molar-refractivity contribution in [2.75, 3.05) is 31.8 Å². The summed E-state index contributed by atoms with van der Waals surface area (Å²) in [5.74, 6) is 0.0140. The Morgan fingerprint density at radius 2 is 1.92 bits per heavy atom. The second-order valence-corrected chi connectivity index (χ2v) is 6.64. The Kier molecular flexibility index (Phi) is 6.84. The highest BCUT2D eigenvalue weighted by atomic mass is 32.2. The number of sulfonamides is 1. The molecule has 0 aliphatic heterocycles. The Labute approximate surface area is 137 Å². The maximum absolute atomic E-state index is 13.0. The average Bonchev–Trinajstić information content (AvgIpc) is 2.45. The summed E-state index contributed by atoms with van der Waals surface area (Å²) in [6, 6.07) is 2.34. The maximum atomic E-state index is 13.0. The SMILES string of the molecule is COc1ccc(NC(=O)NCCCNS(C)(=O)=O)c(C(F)(F)F)c1. The first-order valence-corrected chi connectivity index (χ1v) is 8.67. The van der Waals surface area contributed by atoms with Crippen molar-refractivity contribution in [2.24, 2.45) is 0 Å². The van der Waals surface area contributed by atoms with Gasteiger partial charge in [0.25, 0.3) is 0 Å². The Bertz CT molecular complexity index is 678. The largest absolute Gasteiger partial charge is 0.497 e. The second kappa shape index (κ2) is 8.20. The van der Waals surface area contributed by atoms with Crippen molar-refractivity contribution in [1.29, 1.82) is 0 Å². The third-order valence-corrected chi connectivity index (χ3v) is 3.51. The Balaban J connectivity index is 2.61. The van der Waals surface area contributed by atoms with Crippen molar-refractivity contribution in [3.8, 4) is 5.75 Å². The number of ether oxygens (including phenoxy) is 1. The van der Waals surface area contributed by atoms with Gasteiger partial charge in [0.05, 0.1) is 24.6 Å². The molecular weight excluding hydrogens is 351 g/mol. The normalized spacial score (nSPS) is 11.9. The molecule has 0 bridgehead atoms. The van der Waals surface area contributed by atoms with E-state index in [1.807, 2.05) is 0 Å². The van der Waals surface area contributed by atoms with Gasteiger partial charge in [-0.1, -0.05) is 0 Å². The van der Waals surface area contributed by atoms with E-state index < -0.39 is 33.5 Å². The van der Waals surface area contributed by atoms with Gasteiger partial charge in [-0.15, -0.1) is 0 Å². The molecule has 0 radical (unpaired) electrons. The van der Waals surface area contributed by atoms with Gasteiger partial charge in [0, 0.05) is 13.1 Å². The van der Waals surface area contributed by atoms with Crippen molar-refractivity contribution in [3.63, 3.8) is 0 Å². The smallest absolute Gasteiger partial charge is 0.418 e. The summed E-state index contributed by atoms with van der Waals surface area (Å²) in [7, 11) is -2.08. The van der Waals surface area contributed by atoms with Crippen molar-refractivity contribution >= 4 is 21.7 Å². The van der Waals surface area contributed by atoms with Gasteiger partial charge in [-0.25, -0.2) is 17.9 Å². The van der Waals surface area contributed by atoms with E-state index in [9.17, 15) is 26.4 Å². The van der Waals surface area contributed by atoms with Crippen molar-refractivity contribution < 1.29 is 31.1 Å². The Morgan fingerprint density at radius 3 is 2.46 bits per heavy atom. The highest BCUT2D eigenvalue weighted by Gasteiger charge is 2.34. The molecule has 2 amide bonds. The standard InChI is InChI=1S/C13H18F3N3O4S/c1-23-9-4-5-11(10(8-9)13(14,15)16)19-12(20)17-6-3-7-18-24(2,21)22/h4-5,8,18H,3,6-7H2,1-2H3,(H2,17,19,20). The molecule has 0 aliphatic carbocycles. The fraction of sp³-hybridized carbons (Fsp3) is 0.462. The number of halogens is 3. The molecule has 3 N–H and O–H groups in total. The predicted molar refractivity (Wildman–Crippen MR) is 82.5 cm³/mol. The van der Waals surface area contributed by atoms with Crippen LogP contribution in [0.3, 0.4) is 0 Å². The lowest BCUT2D eigenvalue weighted by Crippen LogP contribution is -2.32. The van der Waals surface area contributed by atoms with E-state index >= 15 is 0 Å². The van der Waals surface area contributed by atoms with Gasteiger partial charge in [0.1, 0.15) is 5.75 Å². The van der Waals surface area contributed by atoms with Gasteiger partial charge in [0.15, 0.2) is 0 Å². The number of hydrogen-bond donors (Lipinski definition) is 3. The number of benzene rings is 1. The fourth-order valence-corrected chi connectivity index (χ4v) is 2.22. The van der Waals surface area contributed by atoms with E-state index in [1.165, 1.54) is 13.2 Å². The monoisotopic (exact) mass is 369 g/mol. The Hall–Kier alpha value is -2.01. The van der Waals surface area contributed by atoms with Crippen molar-refractivity contribution in [2.45, 2.75) is 12.6 Å². The van der Waals surface area contributed by atoms with E-state index in [4.69, 9.17) is 4.74 Å². The van der Waals surface area contributed by atoms with Crippen LogP contribution in [0.1, 0.15) is 12.0 Å². The lowest BCUT2D eigenvalue weighted by atomic mass is 10.1. The summed E-state index contributed by atoms with van der Waals surface area (Å²) in [6.45, 7) is 0.196. The number of amides is 2. The molecule has 7 nitrogen and oxygen atoms in total. The molecule has 1 aromatic rings. The number of anilines is 1. The molecule has 11 heteroatoms. The minimum absolute atomic E-state index is 0.0140. The molecule has 0 spiro atoms. The van der Waals surface area contributed by atoms with Crippen LogP contribution in [-0.2, 0) is 16.2 Å². The van der Waals surface area contributed by atoms with E-state index in [-0.39, 0.29) is 25.3 Å².